The van der Waals surface area contributed by atoms with Crippen LogP contribution in [0.15, 0.2) is 40.9 Å². The van der Waals surface area contributed by atoms with Gasteiger partial charge >= 0.3 is 6.03 Å². The van der Waals surface area contributed by atoms with Gasteiger partial charge < -0.3 is 25.2 Å². The number of rotatable bonds is 3. The Kier molecular flexibility index (Phi) is 5.03. The molecule has 7 heteroatoms. The predicted octanol–water partition coefficient (Wildman–Crippen LogP) is 4.24. The SMILES string of the molecule is COc1ccc(NC(=O)N2CCCC2c2cc(Br)c(O)cc2O)cc1. The number of methoxy groups -OCH3 is 1. The van der Waals surface area contributed by atoms with Crippen LogP contribution < -0.4 is 10.1 Å². The lowest BCUT2D eigenvalue weighted by Gasteiger charge is -2.26. The summed E-state index contributed by atoms with van der Waals surface area (Å²) in [7, 11) is 1.59. The maximum absolute atomic E-state index is 12.7. The Morgan fingerprint density at radius 1 is 1.24 bits per heavy atom. The quantitative estimate of drug-likeness (QED) is 0.711. The zero-order valence-electron chi connectivity index (χ0n) is 13.7. The van der Waals surface area contributed by atoms with Crippen LogP contribution in [0.4, 0.5) is 10.5 Å². The summed E-state index contributed by atoms with van der Waals surface area (Å²) < 4.78 is 5.60. The molecule has 0 bridgehead atoms. The van der Waals surface area contributed by atoms with Gasteiger partial charge in [-0.1, -0.05) is 0 Å². The molecule has 132 valence electrons. The van der Waals surface area contributed by atoms with Gasteiger partial charge in [0.05, 0.1) is 17.6 Å². The van der Waals surface area contributed by atoms with E-state index in [1.807, 2.05) is 0 Å². The third-order valence-corrected chi connectivity index (χ3v) is 4.95. The van der Waals surface area contributed by atoms with Crippen molar-refractivity contribution in [2.75, 3.05) is 19.0 Å². The normalized spacial score (nSPS) is 16.7. The van der Waals surface area contributed by atoms with Crippen molar-refractivity contribution in [1.29, 1.82) is 0 Å². The molecule has 0 saturated carbocycles. The van der Waals surface area contributed by atoms with Crippen molar-refractivity contribution in [3.63, 3.8) is 0 Å². The molecule has 1 saturated heterocycles. The first-order valence-corrected chi connectivity index (χ1v) is 8.72. The van der Waals surface area contributed by atoms with Crippen LogP contribution in [0.2, 0.25) is 0 Å². The first-order valence-electron chi connectivity index (χ1n) is 7.92. The Balaban J connectivity index is 1.78. The number of phenolic OH excluding ortho intramolecular Hbond substituents is 2. The van der Waals surface area contributed by atoms with E-state index in [1.165, 1.54) is 6.07 Å². The third-order valence-electron chi connectivity index (χ3n) is 4.31. The molecule has 1 aliphatic rings. The van der Waals surface area contributed by atoms with Crippen LogP contribution in [0.3, 0.4) is 0 Å². The third kappa shape index (κ3) is 3.66. The monoisotopic (exact) mass is 406 g/mol. The van der Waals surface area contributed by atoms with Gasteiger partial charge in [0.1, 0.15) is 17.2 Å². The number of hydrogen-bond donors (Lipinski definition) is 3. The molecule has 1 aliphatic heterocycles. The van der Waals surface area contributed by atoms with Crippen LogP contribution in [0.1, 0.15) is 24.4 Å². The molecule has 0 aromatic heterocycles. The van der Waals surface area contributed by atoms with E-state index in [1.54, 1.807) is 42.3 Å². The highest BCUT2D eigenvalue weighted by Gasteiger charge is 2.32. The second-order valence-corrected chi connectivity index (χ2v) is 6.73. The van der Waals surface area contributed by atoms with Crippen molar-refractivity contribution >= 4 is 27.6 Å². The Morgan fingerprint density at radius 2 is 1.96 bits per heavy atom. The molecular weight excluding hydrogens is 388 g/mol. The van der Waals surface area contributed by atoms with Crippen LogP contribution >= 0.6 is 15.9 Å². The first-order chi connectivity index (χ1) is 12.0. The fraction of sp³-hybridized carbons (Fsp3) is 0.278. The number of amides is 2. The molecular formula is C18H19BrN2O4. The van der Waals surface area contributed by atoms with Gasteiger partial charge in [-0.2, -0.15) is 0 Å². The van der Waals surface area contributed by atoms with Crippen molar-refractivity contribution in [3.8, 4) is 17.2 Å². The minimum atomic E-state index is -0.241. The van der Waals surface area contributed by atoms with E-state index in [-0.39, 0.29) is 23.6 Å². The first kappa shape index (κ1) is 17.4. The lowest BCUT2D eigenvalue weighted by atomic mass is 10.0. The van der Waals surface area contributed by atoms with E-state index in [4.69, 9.17) is 4.74 Å². The summed E-state index contributed by atoms with van der Waals surface area (Å²) in [4.78, 5) is 14.4. The number of nitrogens with zero attached hydrogens (tertiary/aromatic N) is 1. The number of nitrogens with one attached hydrogen (secondary N) is 1. The van der Waals surface area contributed by atoms with Crippen LogP contribution in [-0.4, -0.2) is 34.8 Å². The molecule has 1 fully saturated rings. The highest BCUT2D eigenvalue weighted by atomic mass is 79.9. The molecule has 1 unspecified atom stereocenters. The van der Waals surface area contributed by atoms with Gasteiger partial charge in [-0.15, -0.1) is 0 Å². The van der Waals surface area contributed by atoms with Gasteiger partial charge in [0.25, 0.3) is 0 Å². The van der Waals surface area contributed by atoms with Gasteiger partial charge in [0.15, 0.2) is 0 Å². The number of ether oxygens (including phenoxy) is 1. The van der Waals surface area contributed by atoms with Gasteiger partial charge in [-0.05, 0) is 59.1 Å². The fourth-order valence-corrected chi connectivity index (χ4v) is 3.40. The molecule has 3 N–H and O–H groups in total. The number of carbonyl (C=O) groups is 1. The van der Waals surface area contributed by atoms with Crippen molar-refractivity contribution in [1.82, 2.24) is 4.90 Å². The van der Waals surface area contributed by atoms with Crippen molar-refractivity contribution < 1.29 is 19.7 Å². The molecule has 2 aromatic carbocycles. The molecule has 3 rings (SSSR count). The van der Waals surface area contributed by atoms with Gasteiger partial charge in [-0.25, -0.2) is 4.79 Å². The summed E-state index contributed by atoms with van der Waals surface area (Å²) in [5.74, 6) is 0.666. The number of hydrogen-bond acceptors (Lipinski definition) is 4. The summed E-state index contributed by atoms with van der Waals surface area (Å²) in [6, 6.07) is 9.59. The predicted molar refractivity (Wildman–Crippen MR) is 98.2 cm³/mol. The number of phenols is 2. The highest BCUT2D eigenvalue weighted by molar-refractivity contribution is 9.10. The number of carbonyl (C=O) groups excluding carboxylic acids is 1. The maximum atomic E-state index is 12.7. The largest absolute Gasteiger partial charge is 0.507 e. The van der Waals surface area contributed by atoms with E-state index in [0.717, 1.165) is 18.6 Å². The van der Waals surface area contributed by atoms with Crippen molar-refractivity contribution in [2.45, 2.75) is 18.9 Å². The fourth-order valence-electron chi connectivity index (χ4n) is 3.04. The Labute approximate surface area is 154 Å². The summed E-state index contributed by atoms with van der Waals surface area (Å²) >= 11 is 3.26. The van der Waals surface area contributed by atoms with Crippen molar-refractivity contribution in [2.24, 2.45) is 0 Å². The van der Waals surface area contributed by atoms with E-state index in [2.05, 4.69) is 21.2 Å². The Morgan fingerprint density at radius 3 is 2.64 bits per heavy atom. The summed E-state index contributed by atoms with van der Waals surface area (Å²) in [6.07, 6.45) is 1.60. The molecule has 2 aromatic rings. The van der Waals surface area contributed by atoms with Crippen LogP contribution in [0.25, 0.3) is 0 Å². The zero-order chi connectivity index (χ0) is 18.0. The smallest absolute Gasteiger partial charge is 0.322 e. The average molecular weight is 407 g/mol. The zero-order valence-corrected chi connectivity index (χ0v) is 15.3. The van der Waals surface area contributed by atoms with E-state index < -0.39 is 0 Å². The number of likely N-dealkylation sites (tertiary alicyclic amines) is 1. The average Bonchev–Trinajstić information content (AvgIpc) is 3.08. The standard InChI is InChI=1S/C18H19BrN2O4/c1-25-12-6-4-11(5-7-12)20-18(24)21-8-2-3-15(21)13-9-14(19)17(23)10-16(13)22/h4-7,9-10,15,22-23H,2-3,8H2,1H3,(H,20,24). The lowest BCUT2D eigenvalue weighted by molar-refractivity contribution is 0.206. The van der Waals surface area contributed by atoms with Crippen LogP contribution in [0, 0.1) is 0 Å². The molecule has 0 aliphatic carbocycles. The minimum absolute atomic E-state index is 0.0187. The van der Waals surface area contributed by atoms with E-state index in [0.29, 0.717) is 22.3 Å². The van der Waals surface area contributed by atoms with Crippen LogP contribution in [0.5, 0.6) is 17.2 Å². The number of anilines is 1. The second kappa shape index (κ2) is 7.23. The molecule has 1 atom stereocenters. The topological polar surface area (TPSA) is 82.0 Å². The molecule has 25 heavy (non-hydrogen) atoms. The number of aromatic hydroxyl groups is 2. The molecule has 0 spiro atoms. The van der Waals surface area contributed by atoms with Gasteiger partial charge in [0.2, 0.25) is 0 Å². The van der Waals surface area contributed by atoms with Crippen molar-refractivity contribution in [3.05, 3.63) is 46.4 Å². The van der Waals surface area contributed by atoms with E-state index in [9.17, 15) is 15.0 Å². The number of benzene rings is 2. The summed E-state index contributed by atoms with van der Waals surface area (Å²) in [5, 5.41) is 22.7. The molecule has 0 radical (unpaired) electrons. The Hall–Kier alpha value is -2.41. The summed E-state index contributed by atoms with van der Waals surface area (Å²) in [6.45, 7) is 0.602. The highest BCUT2D eigenvalue weighted by Crippen LogP contribution is 2.41. The van der Waals surface area contributed by atoms with Gasteiger partial charge in [0, 0.05) is 23.9 Å². The minimum Gasteiger partial charge on any atom is -0.507 e. The molecule has 6 nitrogen and oxygen atoms in total. The Bertz CT molecular complexity index is 779. The van der Waals surface area contributed by atoms with Crippen LogP contribution in [-0.2, 0) is 0 Å². The number of halogens is 1. The van der Waals surface area contributed by atoms with E-state index >= 15 is 0 Å². The number of urea groups is 1. The molecule has 2 amide bonds. The second-order valence-electron chi connectivity index (χ2n) is 5.87. The summed E-state index contributed by atoms with van der Waals surface area (Å²) in [5.41, 5.74) is 1.29. The maximum Gasteiger partial charge on any atom is 0.322 e. The molecule has 1 heterocycles. The van der Waals surface area contributed by atoms with Gasteiger partial charge in [-0.3, -0.25) is 0 Å². The lowest BCUT2D eigenvalue weighted by Crippen LogP contribution is -2.34.